The van der Waals surface area contributed by atoms with Crippen LogP contribution in [-0.2, 0) is 35.8 Å². The third kappa shape index (κ3) is 9.33. The maximum atomic E-state index is 9.27. The summed E-state index contributed by atoms with van der Waals surface area (Å²) in [7, 11) is 0. The van der Waals surface area contributed by atoms with Gasteiger partial charge in [0.2, 0.25) is 0 Å². The van der Waals surface area contributed by atoms with E-state index in [9.17, 15) is 20.4 Å². The van der Waals surface area contributed by atoms with Crippen LogP contribution in [0, 0.1) is 0 Å². The Morgan fingerprint density at radius 2 is 0.800 bits per heavy atom. The molecule has 0 bridgehead atoms. The van der Waals surface area contributed by atoms with Gasteiger partial charge >= 0.3 is 12.3 Å². The molecule has 1 aliphatic heterocycles. The van der Waals surface area contributed by atoms with Gasteiger partial charge in [0.15, 0.2) is 0 Å². The van der Waals surface area contributed by atoms with Crippen molar-refractivity contribution in [3.8, 4) is 0 Å². The van der Waals surface area contributed by atoms with Crippen LogP contribution >= 0.6 is 0 Å². The molecule has 16 nitrogen and oxygen atoms in total. The van der Waals surface area contributed by atoms with Crippen LogP contribution in [-0.4, -0.2) is 56.1 Å². The first kappa shape index (κ1) is 22.4. The van der Waals surface area contributed by atoms with E-state index in [0.29, 0.717) is 0 Å². The van der Waals surface area contributed by atoms with Crippen molar-refractivity contribution in [3.63, 3.8) is 0 Å². The molecule has 1 aliphatic rings. The van der Waals surface area contributed by atoms with Crippen molar-refractivity contribution >= 4 is 23.3 Å². The number of amidine groups is 4. The summed E-state index contributed by atoms with van der Waals surface area (Å²) in [6.07, 6.45) is -7.49. The van der Waals surface area contributed by atoms with Gasteiger partial charge in [0.05, 0.1) is 12.8 Å². The first-order valence-corrected chi connectivity index (χ1v) is 5.90. The Morgan fingerprint density at radius 1 is 0.600 bits per heavy atom. The second kappa shape index (κ2) is 9.04. The largest absolute Gasteiger partial charge is 0.544 e. The molecule has 12 N–H and O–H groups in total. The fourth-order valence-electron chi connectivity index (χ4n) is 1.01. The molecule has 146 valence electrons. The molecule has 0 radical (unpaired) electrons. The first-order chi connectivity index (χ1) is 11.0. The van der Waals surface area contributed by atoms with Crippen LogP contribution in [0.1, 0.15) is 12.8 Å². The molecule has 0 aromatic heterocycles. The Labute approximate surface area is 149 Å². The molecule has 25 heavy (non-hydrogen) atoms. The maximum Gasteiger partial charge on any atom is 0.544 e. The van der Waals surface area contributed by atoms with E-state index in [1.54, 1.807) is 0 Å². The molecule has 1 rings (SSSR count). The predicted molar refractivity (Wildman–Crippen MR) is 74.4 cm³/mol. The van der Waals surface area contributed by atoms with Gasteiger partial charge in [-0.1, -0.05) is 20.6 Å². The van der Waals surface area contributed by atoms with Crippen LogP contribution in [0.4, 0.5) is 0 Å². The van der Waals surface area contributed by atoms with Crippen molar-refractivity contribution in [1.82, 2.24) is 0 Å². The normalized spacial score (nSPS) is 21.3. The molecule has 0 atom stereocenters. The van der Waals surface area contributed by atoms with Crippen molar-refractivity contribution in [2.75, 3.05) is 0 Å². The summed E-state index contributed by atoms with van der Waals surface area (Å²) in [5, 5.41) is 49.4. The first-order valence-electron chi connectivity index (χ1n) is 5.90. The molecule has 0 saturated heterocycles. The number of aliphatic hydroxyl groups is 4. The van der Waals surface area contributed by atoms with Crippen LogP contribution < -0.4 is 22.9 Å². The van der Waals surface area contributed by atoms with Gasteiger partial charge in [-0.15, -0.1) is 0 Å². The minimum absolute atomic E-state index is 0. The summed E-state index contributed by atoms with van der Waals surface area (Å²) in [6, 6.07) is 0. The van der Waals surface area contributed by atoms with E-state index in [0.717, 1.165) is 0 Å². The summed E-state index contributed by atoms with van der Waals surface area (Å²) in [4.78, 5) is 16.6. The van der Waals surface area contributed by atoms with E-state index < -0.39 is 48.5 Å². The Morgan fingerprint density at radius 3 is 1.00 bits per heavy atom. The van der Waals surface area contributed by atoms with Crippen molar-refractivity contribution < 1.29 is 56.3 Å². The zero-order chi connectivity index (χ0) is 18.4. The van der Waals surface area contributed by atoms with Gasteiger partial charge in [-0.2, -0.15) is 0 Å². The van der Waals surface area contributed by atoms with Crippen molar-refractivity contribution in [3.05, 3.63) is 0 Å². The molecule has 0 spiro atoms. The minimum atomic E-state index is -3.30. The van der Waals surface area contributed by atoms with Crippen molar-refractivity contribution in [1.29, 1.82) is 0 Å². The predicted octanol–water partition coefficient (Wildman–Crippen LogP) is -4.88. The molecular weight excluding hydrogens is 395 g/mol. The number of oxime groups is 4. The van der Waals surface area contributed by atoms with Crippen LogP contribution in [0.3, 0.4) is 0 Å². The number of hydrogen-bond acceptors (Lipinski definition) is 16. The van der Waals surface area contributed by atoms with Crippen molar-refractivity contribution in [2.24, 2.45) is 43.6 Å². The average molecular weight is 411 g/mol. The SMILES string of the molecule is NC1=NOC(O)(O)ON=C(N)CC(N)=NOC(O)(O)ON=C(N)C1.[Ni]. The third-order valence-corrected chi connectivity index (χ3v) is 1.85. The molecule has 17 heteroatoms. The topological polar surface area (TPSA) is 271 Å². The fourth-order valence-corrected chi connectivity index (χ4v) is 1.01. The minimum Gasteiger partial charge on any atom is -0.384 e. The van der Waals surface area contributed by atoms with E-state index in [1.165, 1.54) is 0 Å². The van der Waals surface area contributed by atoms with Gasteiger partial charge in [0, 0.05) is 16.5 Å². The van der Waals surface area contributed by atoms with E-state index in [2.05, 4.69) is 40.0 Å². The van der Waals surface area contributed by atoms with Crippen LogP contribution in [0.5, 0.6) is 0 Å². The van der Waals surface area contributed by atoms with E-state index >= 15 is 0 Å². The summed E-state index contributed by atoms with van der Waals surface area (Å²) < 4.78 is 0. The smallest absolute Gasteiger partial charge is 0.384 e. The van der Waals surface area contributed by atoms with E-state index in [4.69, 9.17) is 22.9 Å². The van der Waals surface area contributed by atoms with E-state index in [1.807, 2.05) is 0 Å². The fraction of sp³-hybridized carbons (Fsp3) is 0.500. The van der Waals surface area contributed by atoms with Crippen molar-refractivity contribution in [2.45, 2.75) is 25.2 Å². The molecule has 0 unspecified atom stereocenters. The summed E-state index contributed by atoms with van der Waals surface area (Å²) in [5.74, 6) is -1.71. The Balaban J connectivity index is 0.00000576. The van der Waals surface area contributed by atoms with E-state index in [-0.39, 0.29) is 16.5 Å². The molecule has 0 aliphatic carbocycles. The van der Waals surface area contributed by atoms with Crippen LogP contribution in [0.15, 0.2) is 20.6 Å². The van der Waals surface area contributed by atoms with Crippen LogP contribution in [0.25, 0.3) is 0 Å². The number of rotatable bonds is 0. The molecule has 1 heterocycles. The number of hydrogen-bond donors (Lipinski definition) is 8. The van der Waals surface area contributed by atoms with Gasteiger partial charge < -0.3 is 22.9 Å². The van der Waals surface area contributed by atoms with Gasteiger partial charge in [0.25, 0.3) is 0 Å². The Kier molecular flexibility index (Phi) is 8.11. The zero-order valence-corrected chi connectivity index (χ0v) is 13.2. The quantitative estimate of drug-likeness (QED) is 0.138. The number of nitrogens with zero attached hydrogens (tertiary/aromatic N) is 4. The van der Waals surface area contributed by atoms with Crippen LogP contribution in [0.2, 0.25) is 0 Å². The molecule has 0 amide bonds. The molecule has 0 fully saturated rings. The second-order valence-corrected chi connectivity index (χ2v) is 4.15. The summed E-state index contributed by atoms with van der Waals surface area (Å²) in [5.41, 5.74) is 21.4. The zero-order valence-electron chi connectivity index (χ0n) is 12.3. The van der Waals surface area contributed by atoms with Gasteiger partial charge in [-0.05, 0) is 0 Å². The standard InChI is InChI=1S/C8H16N8O8.Ni/c9-3-1-4(10)14-22-8(19,20)24-16-6(12)2-5(11)15-23-7(17,18)21-13-3;/h17-20H,1-2H2,(H2,9,13)(H2,10,14)(H2,11,15)(H2,12,16);. The molecule has 0 aromatic rings. The second-order valence-electron chi connectivity index (χ2n) is 4.15. The molecular formula is C8H16N8NiO8. The Hall–Kier alpha value is -2.59. The van der Waals surface area contributed by atoms with Gasteiger partial charge in [-0.3, -0.25) is 39.8 Å². The van der Waals surface area contributed by atoms with Gasteiger partial charge in [-0.25, -0.2) is 0 Å². The molecule has 0 saturated carbocycles. The average Bonchev–Trinajstić information content (AvgIpc) is 2.47. The third-order valence-electron chi connectivity index (χ3n) is 1.85. The van der Waals surface area contributed by atoms with Gasteiger partial charge in [0.1, 0.15) is 23.3 Å². The summed E-state index contributed by atoms with van der Waals surface area (Å²) >= 11 is 0. The summed E-state index contributed by atoms with van der Waals surface area (Å²) in [6.45, 7) is 0. The number of nitrogens with two attached hydrogens (primary N) is 4. The Bertz CT molecular complexity index is 482. The molecule has 0 aromatic carbocycles. The maximum absolute atomic E-state index is 9.27. The monoisotopic (exact) mass is 410 g/mol.